The highest BCUT2D eigenvalue weighted by Crippen LogP contribution is 2.31. The summed E-state index contributed by atoms with van der Waals surface area (Å²) in [6.45, 7) is 0. The first-order valence-electron chi connectivity index (χ1n) is 6.29. The number of hydrogen-bond acceptors (Lipinski definition) is 3. The van der Waals surface area contributed by atoms with E-state index < -0.39 is 0 Å². The largest absolute Gasteiger partial charge is 0.353 e. The second-order valence-corrected chi connectivity index (χ2v) is 5.58. The number of benzene rings is 2. The zero-order valence-corrected chi connectivity index (χ0v) is 11.3. The summed E-state index contributed by atoms with van der Waals surface area (Å²) in [7, 11) is 0. The second kappa shape index (κ2) is 4.28. The van der Waals surface area contributed by atoms with Gasteiger partial charge in [0, 0.05) is 21.7 Å². The van der Waals surface area contributed by atoms with E-state index in [-0.39, 0.29) is 5.69 Å². The zero-order chi connectivity index (χ0) is 13.5. The van der Waals surface area contributed by atoms with Crippen LogP contribution in [-0.2, 0) is 0 Å². The summed E-state index contributed by atoms with van der Waals surface area (Å²) >= 11 is 1.56. The van der Waals surface area contributed by atoms with Gasteiger partial charge in [-0.25, -0.2) is 4.79 Å². The average molecular weight is 278 g/mol. The highest BCUT2D eigenvalue weighted by atomic mass is 32.1. The summed E-state index contributed by atoms with van der Waals surface area (Å²) in [5.41, 5.74) is 0.595. The van der Waals surface area contributed by atoms with Crippen molar-refractivity contribution in [3.63, 3.8) is 0 Å². The van der Waals surface area contributed by atoms with Gasteiger partial charge in [0.2, 0.25) is 0 Å². The first-order chi connectivity index (χ1) is 9.83. The van der Waals surface area contributed by atoms with E-state index in [0.717, 1.165) is 26.0 Å². The van der Waals surface area contributed by atoms with Crippen LogP contribution >= 0.6 is 11.3 Å². The lowest BCUT2D eigenvalue weighted by Crippen LogP contribution is -2.19. The Kier molecular flexibility index (Phi) is 2.44. The minimum Gasteiger partial charge on any atom is -0.267 e. The van der Waals surface area contributed by atoms with E-state index in [2.05, 4.69) is 17.1 Å². The molecule has 2 heterocycles. The molecule has 0 aliphatic heterocycles. The molecule has 0 atom stereocenters. The molecule has 20 heavy (non-hydrogen) atoms. The Morgan fingerprint density at radius 1 is 0.900 bits per heavy atom. The molecule has 3 nitrogen and oxygen atoms in total. The van der Waals surface area contributed by atoms with Gasteiger partial charge >= 0.3 is 5.69 Å². The van der Waals surface area contributed by atoms with Crippen molar-refractivity contribution in [3.05, 3.63) is 71.3 Å². The molecule has 0 aliphatic rings. The van der Waals surface area contributed by atoms with Gasteiger partial charge in [-0.3, -0.25) is 4.57 Å². The van der Waals surface area contributed by atoms with Crippen molar-refractivity contribution in [1.29, 1.82) is 0 Å². The normalized spacial score (nSPS) is 11.2. The lowest BCUT2D eigenvalue weighted by molar-refractivity contribution is 0.942. The number of nitrogens with zero attached hydrogens (tertiary/aromatic N) is 2. The minimum absolute atomic E-state index is 0.241. The molecule has 0 radical (unpaired) electrons. The predicted octanol–water partition coefficient (Wildman–Crippen LogP) is 3.60. The molecule has 96 valence electrons. The maximum absolute atomic E-state index is 12.2. The molecule has 0 unspecified atom stereocenters. The highest BCUT2D eigenvalue weighted by Gasteiger charge is 2.09. The van der Waals surface area contributed by atoms with Crippen LogP contribution in [0, 0.1) is 0 Å². The Bertz CT molecular complexity index is 970. The van der Waals surface area contributed by atoms with Crippen molar-refractivity contribution in [2.75, 3.05) is 0 Å². The van der Waals surface area contributed by atoms with E-state index in [1.165, 1.54) is 0 Å². The van der Waals surface area contributed by atoms with Crippen molar-refractivity contribution >= 4 is 31.6 Å². The Balaban J connectivity index is 2.11. The summed E-state index contributed by atoms with van der Waals surface area (Å²) in [4.78, 5) is 17.2. The van der Waals surface area contributed by atoms with Gasteiger partial charge in [0.15, 0.2) is 0 Å². The molecule has 0 fully saturated rings. The summed E-state index contributed by atoms with van der Waals surface area (Å²) in [6, 6.07) is 17.7. The van der Waals surface area contributed by atoms with Gasteiger partial charge in [-0.05, 0) is 18.2 Å². The molecule has 4 heteroatoms. The average Bonchev–Trinajstić information content (AvgIpc) is 2.84. The molecule has 0 N–H and O–H groups in total. The molecule has 4 rings (SSSR count). The van der Waals surface area contributed by atoms with E-state index in [4.69, 9.17) is 0 Å². The van der Waals surface area contributed by atoms with Gasteiger partial charge in [-0.1, -0.05) is 36.4 Å². The van der Waals surface area contributed by atoms with Crippen LogP contribution < -0.4 is 5.69 Å². The molecule has 0 bridgehead atoms. The third-order valence-corrected chi connectivity index (χ3v) is 4.39. The number of rotatable bonds is 1. The van der Waals surface area contributed by atoms with E-state index in [1.54, 1.807) is 15.9 Å². The van der Waals surface area contributed by atoms with Gasteiger partial charge in [0.25, 0.3) is 0 Å². The van der Waals surface area contributed by atoms with Crippen molar-refractivity contribution in [3.8, 4) is 5.69 Å². The summed E-state index contributed by atoms with van der Waals surface area (Å²) < 4.78 is 2.75. The molecule has 2 aromatic carbocycles. The van der Waals surface area contributed by atoms with Crippen LogP contribution in [-0.4, -0.2) is 9.55 Å². The quantitative estimate of drug-likeness (QED) is 0.533. The van der Waals surface area contributed by atoms with Crippen LogP contribution in [0.3, 0.4) is 0 Å². The van der Waals surface area contributed by atoms with Gasteiger partial charge in [0.1, 0.15) is 4.83 Å². The van der Waals surface area contributed by atoms with Crippen molar-refractivity contribution in [2.24, 2.45) is 0 Å². The molecular weight excluding hydrogens is 268 g/mol. The number of thiophene rings is 1. The summed E-state index contributed by atoms with van der Waals surface area (Å²) in [6.07, 6.45) is 1.89. The molecule has 2 aromatic heterocycles. The Labute approximate surface area is 118 Å². The van der Waals surface area contributed by atoms with Crippen molar-refractivity contribution < 1.29 is 0 Å². The number of fused-ring (bicyclic) bond motifs is 3. The first-order valence-corrected chi connectivity index (χ1v) is 7.11. The smallest absolute Gasteiger partial charge is 0.267 e. The maximum Gasteiger partial charge on any atom is 0.353 e. The monoisotopic (exact) mass is 278 g/mol. The summed E-state index contributed by atoms with van der Waals surface area (Å²) in [5.74, 6) is 0. The van der Waals surface area contributed by atoms with Gasteiger partial charge in [0.05, 0.1) is 5.69 Å². The lowest BCUT2D eigenvalue weighted by atomic mass is 10.2. The molecule has 0 saturated heterocycles. The van der Waals surface area contributed by atoms with Crippen LogP contribution in [0.4, 0.5) is 0 Å². The fraction of sp³-hybridized carbons (Fsp3) is 0. The van der Waals surface area contributed by atoms with E-state index >= 15 is 0 Å². The van der Waals surface area contributed by atoms with Crippen LogP contribution in [0.5, 0.6) is 0 Å². The SMILES string of the molecule is O=c1nc2sc3ccccc3c2cn1-c1ccccc1. The molecule has 0 amide bonds. The topological polar surface area (TPSA) is 34.9 Å². The summed E-state index contributed by atoms with van der Waals surface area (Å²) in [5, 5.41) is 2.17. The zero-order valence-electron chi connectivity index (χ0n) is 10.5. The van der Waals surface area contributed by atoms with Crippen LogP contribution in [0.25, 0.3) is 26.0 Å². The number of aromatic nitrogens is 2. The second-order valence-electron chi connectivity index (χ2n) is 4.55. The predicted molar refractivity (Wildman–Crippen MR) is 82.7 cm³/mol. The van der Waals surface area contributed by atoms with Gasteiger partial charge in [-0.2, -0.15) is 4.98 Å². The third kappa shape index (κ3) is 1.66. The Hall–Kier alpha value is -2.46. The third-order valence-electron chi connectivity index (χ3n) is 3.31. The fourth-order valence-corrected chi connectivity index (χ4v) is 3.40. The standard InChI is InChI=1S/C16H10N2OS/c19-16-17-15-13(12-8-4-5-9-14(12)20-15)10-18(16)11-6-2-1-3-7-11/h1-10H. The lowest BCUT2D eigenvalue weighted by Gasteiger charge is -2.04. The first kappa shape index (κ1) is 11.4. The van der Waals surface area contributed by atoms with Crippen LogP contribution in [0.15, 0.2) is 65.6 Å². The number of hydrogen-bond donors (Lipinski definition) is 0. The molecule has 4 aromatic rings. The Morgan fingerprint density at radius 3 is 2.50 bits per heavy atom. The minimum atomic E-state index is -0.241. The van der Waals surface area contributed by atoms with Crippen molar-refractivity contribution in [2.45, 2.75) is 0 Å². The van der Waals surface area contributed by atoms with E-state index in [1.807, 2.05) is 48.7 Å². The van der Waals surface area contributed by atoms with Crippen molar-refractivity contribution in [1.82, 2.24) is 9.55 Å². The van der Waals surface area contributed by atoms with E-state index in [0.29, 0.717) is 0 Å². The van der Waals surface area contributed by atoms with Crippen LogP contribution in [0.2, 0.25) is 0 Å². The molecule has 0 spiro atoms. The molecule has 0 aliphatic carbocycles. The van der Waals surface area contributed by atoms with Gasteiger partial charge < -0.3 is 0 Å². The molecule has 0 saturated carbocycles. The van der Waals surface area contributed by atoms with E-state index in [9.17, 15) is 4.79 Å². The van der Waals surface area contributed by atoms with Crippen LogP contribution in [0.1, 0.15) is 0 Å². The van der Waals surface area contributed by atoms with Gasteiger partial charge in [-0.15, -0.1) is 11.3 Å². The highest BCUT2D eigenvalue weighted by molar-refractivity contribution is 7.25. The molecular formula is C16H10N2OS. The fourth-order valence-electron chi connectivity index (χ4n) is 2.36. The maximum atomic E-state index is 12.2. The Morgan fingerprint density at radius 2 is 1.65 bits per heavy atom. The number of para-hydroxylation sites is 1.